The predicted octanol–water partition coefficient (Wildman–Crippen LogP) is 1.41. The Hall–Kier alpha value is -1.22. The zero-order valence-corrected chi connectivity index (χ0v) is 9.37. The van der Waals surface area contributed by atoms with Crippen LogP contribution in [0.1, 0.15) is 13.8 Å². The highest BCUT2D eigenvalue weighted by Crippen LogP contribution is 2.26. The molecule has 0 heterocycles. The Labute approximate surface area is 85.5 Å². The van der Waals surface area contributed by atoms with E-state index in [2.05, 4.69) is 5.73 Å². The summed E-state index contributed by atoms with van der Waals surface area (Å²) in [5, 5.41) is 0. The first-order valence-corrected chi connectivity index (χ1v) is 4.80. The molecule has 0 fully saturated rings. The zero-order valence-electron chi connectivity index (χ0n) is 9.37. The van der Waals surface area contributed by atoms with Crippen LogP contribution in [0, 0.1) is 0 Å². The molecule has 14 heavy (non-hydrogen) atoms. The third kappa shape index (κ3) is 2.64. The van der Waals surface area contributed by atoms with Gasteiger partial charge in [0.15, 0.2) is 11.4 Å². The second-order valence-corrected chi connectivity index (χ2v) is 3.85. The van der Waals surface area contributed by atoms with E-state index < -0.39 is 0 Å². The molecule has 0 aliphatic heterocycles. The summed E-state index contributed by atoms with van der Waals surface area (Å²) in [4.78, 5) is 2.05. The summed E-state index contributed by atoms with van der Waals surface area (Å²) in [6.45, 7) is 4.03. The van der Waals surface area contributed by atoms with E-state index in [0.29, 0.717) is 0 Å². The first kappa shape index (κ1) is 10.9. The Bertz CT molecular complexity index is 308. The summed E-state index contributed by atoms with van der Waals surface area (Å²) in [7, 11) is 4.02. The molecule has 0 bridgehead atoms. The van der Waals surface area contributed by atoms with Crippen molar-refractivity contribution in [1.29, 1.82) is 0 Å². The van der Waals surface area contributed by atoms with E-state index in [1.54, 1.807) is 0 Å². The molecule has 0 radical (unpaired) electrons. The van der Waals surface area contributed by atoms with Crippen molar-refractivity contribution in [1.82, 2.24) is 0 Å². The molecule has 0 aliphatic rings. The molecule has 1 aromatic rings. The number of hydrogen-bond donors (Lipinski definition) is 1. The van der Waals surface area contributed by atoms with Gasteiger partial charge in [0.05, 0.1) is 6.10 Å². The average molecular weight is 195 g/mol. The SMILES string of the molecule is CC(C)Oc1cc(N(C)C)ccc1[NH3+]. The third-order valence-electron chi connectivity index (χ3n) is 1.93. The molecule has 0 saturated carbocycles. The summed E-state index contributed by atoms with van der Waals surface area (Å²) in [5.74, 6) is 0.867. The topological polar surface area (TPSA) is 40.1 Å². The molecular weight excluding hydrogens is 176 g/mol. The monoisotopic (exact) mass is 195 g/mol. The van der Waals surface area contributed by atoms with Crippen molar-refractivity contribution in [3.05, 3.63) is 18.2 Å². The summed E-state index contributed by atoms with van der Waals surface area (Å²) in [5.41, 5.74) is 6.00. The first-order chi connectivity index (χ1) is 6.50. The predicted molar refractivity (Wildman–Crippen MR) is 59.1 cm³/mol. The minimum atomic E-state index is 0.188. The van der Waals surface area contributed by atoms with Crippen LogP contribution in [0.2, 0.25) is 0 Å². The lowest BCUT2D eigenvalue weighted by Crippen LogP contribution is -2.40. The number of quaternary nitrogens is 1. The Morgan fingerprint density at radius 1 is 1.29 bits per heavy atom. The lowest BCUT2D eigenvalue weighted by atomic mass is 10.2. The minimum Gasteiger partial charge on any atom is -0.485 e. The molecule has 0 spiro atoms. The number of rotatable bonds is 3. The van der Waals surface area contributed by atoms with Gasteiger partial charge >= 0.3 is 0 Å². The maximum absolute atomic E-state index is 5.65. The van der Waals surface area contributed by atoms with E-state index in [1.165, 1.54) is 0 Å². The molecule has 3 heteroatoms. The van der Waals surface area contributed by atoms with E-state index in [4.69, 9.17) is 4.74 Å². The number of hydrogen-bond acceptors (Lipinski definition) is 2. The van der Waals surface area contributed by atoms with Crippen molar-refractivity contribution in [2.24, 2.45) is 0 Å². The Morgan fingerprint density at radius 2 is 1.93 bits per heavy atom. The van der Waals surface area contributed by atoms with Crippen LogP contribution in [0.5, 0.6) is 5.75 Å². The number of ether oxygens (including phenoxy) is 1. The van der Waals surface area contributed by atoms with Gasteiger partial charge in [0, 0.05) is 31.9 Å². The van der Waals surface area contributed by atoms with E-state index in [0.717, 1.165) is 17.1 Å². The fourth-order valence-corrected chi connectivity index (χ4v) is 1.19. The highest BCUT2D eigenvalue weighted by atomic mass is 16.5. The van der Waals surface area contributed by atoms with Gasteiger partial charge in [-0.2, -0.15) is 0 Å². The summed E-state index contributed by atoms with van der Waals surface area (Å²) >= 11 is 0. The van der Waals surface area contributed by atoms with Gasteiger partial charge in [-0.15, -0.1) is 0 Å². The number of anilines is 1. The summed E-state index contributed by atoms with van der Waals surface area (Å²) in [6, 6.07) is 6.03. The van der Waals surface area contributed by atoms with Gasteiger partial charge in [-0.25, -0.2) is 0 Å². The molecule has 0 aromatic heterocycles. The normalized spacial score (nSPS) is 10.4. The second-order valence-electron chi connectivity index (χ2n) is 3.85. The van der Waals surface area contributed by atoms with Crippen LogP contribution < -0.4 is 15.4 Å². The Kier molecular flexibility index (Phi) is 3.36. The maximum Gasteiger partial charge on any atom is 0.182 e. The second kappa shape index (κ2) is 4.33. The van der Waals surface area contributed by atoms with E-state index in [9.17, 15) is 0 Å². The van der Waals surface area contributed by atoms with Gasteiger partial charge < -0.3 is 15.4 Å². The molecule has 0 unspecified atom stereocenters. The molecular formula is C11H19N2O+. The molecule has 0 saturated heterocycles. The molecule has 3 nitrogen and oxygen atoms in total. The molecule has 0 aliphatic carbocycles. The molecule has 3 N–H and O–H groups in total. The lowest BCUT2D eigenvalue weighted by Gasteiger charge is -2.15. The molecule has 0 amide bonds. The molecule has 1 aromatic carbocycles. The van der Waals surface area contributed by atoms with Crippen molar-refractivity contribution < 1.29 is 10.5 Å². The quantitative estimate of drug-likeness (QED) is 0.792. The number of nitrogens with zero attached hydrogens (tertiary/aromatic N) is 1. The van der Waals surface area contributed by atoms with E-state index >= 15 is 0 Å². The van der Waals surface area contributed by atoms with Crippen LogP contribution in [-0.2, 0) is 0 Å². The van der Waals surface area contributed by atoms with Gasteiger partial charge in [0.25, 0.3) is 0 Å². The van der Waals surface area contributed by atoms with Crippen molar-refractivity contribution in [3.8, 4) is 5.75 Å². The van der Waals surface area contributed by atoms with E-state index in [1.807, 2.05) is 51.0 Å². The third-order valence-corrected chi connectivity index (χ3v) is 1.93. The smallest absolute Gasteiger partial charge is 0.182 e. The summed E-state index contributed by atoms with van der Waals surface area (Å²) in [6.07, 6.45) is 0.188. The van der Waals surface area contributed by atoms with Crippen molar-refractivity contribution in [2.45, 2.75) is 20.0 Å². The van der Waals surface area contributed by atoms with E-state index in [-0.39, 0.29) is 6.10 Å². The highest BCUT2D eigenvalue weighted by molar-refractivity contribution is 5.57. The van der Waals surface area contributed by atoms with Crippen LogP contribution in [0.25, 0.3) is 0 Å². The van der Waals surface area contributed by atoms with Crippen LogP contribution in [0.3, 0.4) is 0 Å². The average Bonchev–Trinajstić information content (AvgIpc) is 2.07. The van der Waals surface area contributed by atoms with Gasteiger partial charge in [0.2, 0.25) is 0 Å². The fraction of sp³-hybridized carbons (Fsp3) is 0.455. The first-order valence-electron chi connectivity index (χ1n) is 4.80. The minimum absolute atomic E-state index is 0.188. The van der Waals surface area contributed by atoms with Gasteiger partial charge in [0.1, 0.15) is 0 Å². The van der Waals surface area contributed by atoms with Crippen LogP contribution >= 0.6 is 0 Å². The van der Waals surface area contributed by atoms with Crippen LogP contribution in [-0.4, -0.2) is 20.2 Å². The highest BCUT2D eigenvalue weighted by Gasteiger charge is 2.07. The number of benzene rings is 1. The Balaban J connectivity index is 2.96. The van der Waals surface area contributed by atoms with Crippen molar-refractivity contribution in [2.75, 3.05) is 19.0 Å². The Morgan fingerprint density at radius 3 is 2.43 bits per heavy atom. The van der Waals surface area contributed by atoms with Crippen molar-refractivity contribution >= 4 is 11.4 Å². The lowest BCUT2D eigenvalue weighted by molar-refractivity contribution is -0.256. The summed E-state index contributed by atoms with van der Waals surface area (Å²) < 4.78 is 5.65. The molecule has 78 valence electrons. The molecule has 0 atom stereocenters. The largest absolute Gasteiger partial charge is 0.485 e. The molecule has 1 rings (SSSR count). The van der Waals surface area contributed by atoms with Gasteiger partial charge in [-0.1, -0.05) is 0 Å². The van der Waals surface area contributed by atoms with Gasteiger partial charge in [-0.05, 0) is 19.9 Å². The van der Waals surface area contributed by atoms with Crippen LogP contribution in [0.4, 0.5) is 11.4 Å². The van der Waals surface area contributed by atoms with Crippen molar-refractivity contribution in [3.63, 3.8) is 0 Å². The van der Waals surface area contributed by atoms with Gasteiger partial charge in [-0.3, -0.25) is 0 Å². The standard InChI is InChI=1S/C11H18N2O/c1-8(2)14-11-7-9(13(3)4)5-6-10(11)12/h5-8H,12H2,1-4H3/p+1. The maximum atomic E-state index is 5.65. The fourth-order valence-electron chi connectivity index (χ4n) is 1.19. The van der Waals surface area contributed by atoms with Crippen LogP contribution in [0.15, 0.2) is 18.2 Å². The zero-order chi connectivity index (χ0) is 10.7.